The minimum Gasteiger partial charge on any atom is -0.244 e. The third-order valence-corrected chi connectivity index (χ3v) is 8.34. The summed E-state index contributed by atoms with van der Waals surface area (Å²) in [6, 6.07) is 7.60. The number of rotatable bonds is 3. The number of hydrogen-bond acceptors (Lipinski definition) is 2. The average Bonchev–Trinajstić information content (AvgIpc) is 2.41. The van der Waals surface area contributed by atoms with Gasteiger partial charge in [-0.25, -0.2) is 4.98 Å². The molecule has 0 amide bonds. The fraction of sp³-hybridized carbons (Fsp3) is 0.467. The largest absolute Gasteiger partial charge is 0.244 e. The molecule has 0 aliphatic heterocycles. The zero-order chi connectivity index (χ0) is 13.6. The van der Waals surface area contributed by atoms with Gasteiger partial charge in [0, 0.05) is 6.20 Å². The average molecular weight is 256 g/mol. The molecule has 1 aromatic rings. The van der Waals surface area contributed by atoms with Gasteiger partial charge in [-0.05, 0) is 36.7 Å². The molecule has 1 heterocycles. The molecule has 3 heteroatoms. The molecule has 0 atom stereocenters. The van der Waals surface area contributed by atoms with Gasteiger partial charge in [0.2, 0.25) is 0 Å². The molecule has 0 spiro atoms. The SMILES string of the molecule is CC[Si](C#Cc1cc(C)cnc1C#N)(CC)CC. The van der Waals surface area contributed by atoms with Gasteiger partial charge in [0.1, 0.15) is 14.1 Å². The molecular weight excluding hydrogens is 236 g/mol. The predicted molar refractivity (Wildman–Crippen MR) is 77.8 cm³/mol. The molecule has 0 fully saturated rings. The second-order valence-electron chi connectivity index (χ2n) is 4.61. The Labute approximate surface area is 111 Å². The summed E-state index contributed by atoms with van der Waals surface area (Å²) in [4.78, 5) is 4.13. The number of aromatic nitrogens is 1. The minimum atomic E-state index is -1.45. The van der Waals surface area contributed by atoms with Crippen LogP contribution in [-0.2, 0) is 0 Å². The highest BCUT2D eigenvalue weighted by Gasteiger charge is 2.24. The summed E-state index contributed by atoms with van der Waals surface area (Å²) < 4.78 is 0. The zero-order valence-corrected chi connectivity index (χ0v) is 12.7. The maximum absolute atomic E-state index is 9.04. The van der Waals surface area contributed by atoms with Crippen LogP contribution in [0.3, 0.4) is 0 Å². The van der Waals surface area contributed by atoms with E-state index in [4.69, 9.17) is 5.26 Å². The molecule has 0 aliphatic rings. The molecule has 0 aromatic carbocycles. The Bertz CT molecular complexity index is 505. The number of aryl methyl sites for hydroxylation is 1. The predicted octanol–water partition coefficient (Wildman–Crippen LogP) is 3.66. The first kappa shape index (κ1) is 14.5. The van der Waals surface area contributed by atoms with Crippen molar-refractivity contribution in [3.05, 3.63) is 29.1 Å². The van der Waals surface area contributed by atoms with E-state index >= 15 is 0 Å². The van der Waals surface area contributed by atoms with E-state index in [9.17, 15) is 0 Å². The van der Waals surface area contributed by atoms with E-state index in [1.54, 1.807) is 6.20 Å². The Morgan fingerprint density at radius 1 is 1.22 bits per heavy atom. The van der Waals surface area contributed by atoms with Gasteiger partial charge in [0.05, 0.1) is 5.56 Å². The fourth-order valence-corrected chi connectivity index (χ4v) is 4.40. The van der Waals surface area contributed by atoms with Crippen LogP contribution in [0.5, 0.6) is 0 Å². The zero-order valence-electron chi connectivity index (χ0n) is 11.7. The third-order valence-electron chi connectivity index (χ3n) is 3.62. The Hall–Kier alpha value is -1.58. The number of hydrogen-bond donors (Lipinski definition) is 0. The van der Waals surface area contributed by atoms with Gasteiger partial charge >= 0.3 is 0 Å². The molecule has 1 aromatic heterocycles. The maximum Gasteiger partial charge on any atom is 0.156 e. The quantitative estimate of drug-likeness (QED) is 0.611. The highest BCUT2D eigenvalue weighted by molar-refractivity contribution is 6.87. The lowest BCUT2D eigenvalue weighted by Crippen LogP contribution is -2.29. The molecule has 94 valence electrons. The van der Waals surface area contributed by atoms with Gasteiger partial charge < -0.3 is 0 Å². The van der Waals surface area contributed by atoms with Gasteiger partial charge in [-0.15, -0.1) is 5.54 Å². The molecule has 0 saturated carbocycles. The molecule has 0 bridgehead atoms. The Morgan fingerprint density at radius 2 is 1.83 bits per heavy atom. The van der Waals surface area contributed by atoms with Crippen molar-refractivity contribution < 1.29 is 0 Å². The summed E-state index contributed by atoms with van der Waals surface area (Å²) in [5.41, 5.74) is 5.78. The van der Waals surface area contributed by atoms with Crippen LogP contribution in [0.25, 0.3) is 0 Å². The van der Waals surface area contributed by atoms with Crippen LogP contribution in [0.15, 0.2) is 12.3 Å². The fourth-order valence-electron chi connectivity index (χ4n) is 1.97. The lowest BCUT2D eigenvalue weighted by Gasteiger charge is -2.20. The third kappa shape index (κ3) is 3.21. The maximum atomic E-state index is 9.04. The van der Waals surface area contributed by atoms with Crippen molar-refractivity contribution >= 4 is 8.07 Å². The van der Waals surface area contributed by atoms with Gasteiger partial charge in [-0.3, -0.25) is 0 Å². The van der Waals surface area contributed by atoms with E-state index < -0.39 is 8.07 Å². The summed E-state index contributed by atoms with van der Waals surface area (Å²) >= 11 is 0. The van der Waals surface area contributed by atoms with Crippen LogP contribution in [0.4, 0.5) is 0 Å². The Balaban J connectivity index is 3.19. The molecule has 1 rings (SSSR count). The minimum absolute atomic E-state index is 0.444. The van der Waals surface area contributed by atoms with Crippen LogP contribution in [-0.4, -0.2) is 13.1 Å². The van der Waals surface area contributed by atoms with E-state index in [1.165, 1.54) is 18.1 Å². The van der Waals surface area contributed by atoms with Crippen LogP contribution in [0, 0.1) is 29.7 Å². The first-order valence-corrected chi connectivity index (χ1v) is 9.12. The van der Waals surface area contributed by atoms with Gasteiger partial charge in [-0.1, -0.05) is 26.7 Å². The summed E-state index contributed by atoms with van der Waals surface area (Å²) in [6.07, 6.45) is 1.72. The van der Waals surface area contributed by atoms with Crippen molar-refractivity contribution in [3.63, 3.8) is 0 Å². The lowest BCUT2D eigenvalue weighted by molar-refractivity contribution is 1.20. The second kappa shape index (κ2) is 6.38. The van der Waals surface area contributed by atoms with E-state index in [-0.39, 0.29) is 0 Å². The number of nitrogens with zero attached hydrogens (tertiary/aromatic N) is 2. The smallest absolute Gasteiger partial charge is 0.156 e. The first-order chi connectivity index (χ1) is 8.60. The van der Waals surface area contributed by atoms with Crippen molar-refractivity contribution in [2.24, 2.45) is 0 Å². The van der Waals surface area contributed by atoms with Gasteiger partial charge in [-0.2, -0.15) is 5.26 Å². The van der Waals surface area contributed by atoms with E-state index in [1.807, 2.05) is 13.0 Å². The lowest BCUT2D eigenvalue weighted by atomic mass is 10.1. The second-order valence-corrected chi connectivity index (χ2v) is 9.54. The molecule has 0 radical (unpaired) electrons. The van der Waals surface area contributed by atoms with Crippen molar-refractivity contribution in [3.8, 4) is 17.5 Å². The van der Waals surface area contributed by atoms with Gasteiger partial charge in [0.25, 0.3) is 0 Å². The molecule has 18 heavy (non-hydrogen) atoms. The van der Waals surface area contributed by atoms with E-state index in [0.717, 1.165) is 11.1 Å². The van der Waals surface area contributed by atoms with Crippen molar-refractivity contribution in [1.29, 1.82) is 5.26 Å². The van der Waals surface area contributed by atoms with Crippen LogP contribution in [0.2, 0.25) is 18.1 Å². The van der Waals surface area contributed by atoms with Crippen molar-refractivity contribution in [2.75, 3.05) is 0 Å². The van der Waals surface area contributed by atoms with E-state index in [0.29, 0.717) is 5.69 Å². The molecule has 2 nitrogen and oxygen atoms in total. The topological polar surface area (TPSA) is 36.7 Å². The van der Waals surface area contributed by atoms with Gasteiger partial charge in [0.15, 0.2) is 5.69 Å². The monoisotopic (exact) mass is 256 g/mol. The van der Waals surface area contributed by atoms with Crippen LogP contribution < -0.4 is 0 Å². The van der Waals surface area contributed by atoms with Crippen molar-refractivity contribution in [2.45, 2.75) is 45.8 Å². The van der Waals surface area contributed by atoms with Crippen molar-refractivity contribution in [1.82, 2.24) is 4.98 Å². The Kier molecular flexibility index (Phi) is 5.13. The molecule has 0 N–H and O–H groups in total. The highest BCUT2D eigenvalue weighted by atomic mass is 28.3. The summed E-state index contributed by atoms with van der Waals surface area (Å²) in [6.45, 7) is 8.66. The standard InChI is InChI=1S/C15H20N2Si/c1-5-18(6-2,7-3)9-8-14-10-13(4)12-17-15(14)11-16/h10,12H,5-7H2,1-4H3. The van der Waals surface area contributed by atoms with Crippen LogP contribution in [0.1, 0.15) is 37.6 Å². The van der Waals surface area contributed by atoms with Crippen LogP contribution >= 0.6 is 0 Å². The molecule has 0 aliphatic carbocycles. The number of pyridine rings is 1. The number of nitriles is 1. The summed E-state index contributed by atoms with van der Waals surface area (Å²) in [7, 11) is -1.45. The summed E-state index contributed by atoms with van der Waals surface area (Å²) in [5, 5.41) is 9.04. The molecular formula is C15H20N2Si. The van der Waals surface area contributed by atoms with E-state index in [2.05, 4.69) is 43.3 Å². The molecule has 0 unspecified atom stereocenters. The first-order valence-electron chi connectivity index (χ1n) is 6.50. The highest BCUT2D eigenvalue weighted by Crippen LogP contribution is 2.19. The normalized spacial score (nSPS) is 10.4. The Morgan fingerprint density at radius 3 is 2.33 bits per heavy atom. The molecule has 0 saturated heterocycles. The summed E-state index contributed by atoms with van der Waals surface area (Å²) in [5.74, 6) is 3.23.